The van der Waals surface area contributed by atoms with Crippen LogP contribution in [0.4, 0.5) is 5.82 Å². The minimum absolute atomic E-state index is 0.0672. The van der Waals surface area contributed by atoms with Gasteiger partial charge in [0.05, 0.1) is 6.20 Å². The summed E-state index contributed by atoms with van der Waals surface area (Å²) in [4.78, 5) is 0. The van der Waals surface area contributed by atoms with Gasteiger partial charge < -0.3 is 5.73 Å². The number of anilines is 1. The highest BCUT2D eigenvalue weighted by Gasteiger charge is 2.22. The number of halogens is 1. The Kier molecular flexibility index (Phi) is 2.20. The zero-order valence-electron chi connectivity index (χ0n) is 7.42. The molecule has 80 valence electrons. The molecule has 2 aromatic rings. The first kappa shape index (κ1) is 10.1. The van der Waals surface area contributed by atoms with Crippen molar-refractivity contribution in [3.05, 3.63) is 30.5 Å². The summed E-state index contributed by atoms with van der Waals surface area (Å²) in [5.74, 6) is 0.0672. The third kappa shape index (κ3) is 1.97. The van der Waals surface area contributed by atoms with Crippen molar-refractivity contribution in [1.82, 2.24) is 4.73 Å². The van der Waals surface area contributed by atoms with E-state index in [1.54, 1.807) is 24.3 Å². The molecule has 0 aliphatic rings. The number of hydrogen-bond acceptors (Lipinski definition) is 5. The maximum atomic E-state index is 10.3. The van der Waals surface area contributed by atoms with Crippen molar-refractivity contribution in [2.75, 3.05) is 5.73 Å². The number of nitrogens with two attached hydrogens (primary N) is 1. The van der Waals surface area contributed by atoms with Crippen LogP contribution < -0.4 is 24.1 Å². The van der Waals surface area contributed by atoms with E-state index in [0.717, 1.165) is 4.73 Å². The molecule has 0 saturated heterocycles. The molecule has 7 heteroatoms. The standard InChI is InChI=1S/C8H7ClN2O4/c10-8-7-4-2-1-3-6(7)5-11(8)15-9(12,13)14/h1-5H,10H2. The molecule has 0 radical (unpaired) electrons. The molecule has 0 aliphatic heterocycles. The summed E-state index contributed by atoms with van der Waals surface area (Å²) < 4.78 is 35.9. The van der Waals surface area contributed by atoms with Crippen LogP contribution >= 0.6 is 0 Å². The molecule has 6 nitrogen and oxygen atoms in total. The first-order valence-electron chi connectivity index (χ1n) is 3.94. The van der Waals surface area contributed by atoms with Gasteiger partial charge in [-0.15, -0.1) is 0 Å². The second-order valence-electron chi connectivity index (χ2n) is 2.87. The molecule has 0 bridgehead atoms. The minimum Gasteiger partial charge on any atom is -0.382 e. The number of hydrogen-bond donors (Lipinski definition) is 1. The van der Waals surface area contributed by atoms with E-state index >= 15 is 0 Å². The lowest BCUT2D eigenvalue weighted by Gasteiger charge is -2.11. The third-order valence-electron chi connectivity index (χ3n) is 1.89. The highest BCUT2D eigenvalue weighted by Crippen LogP contribution is 2.22. The topological polar surface area (TPSA) is 109 Å². The maximum Gasteiger partial charge on any atom is 0.171 e. The molecule has 0 unspecified atom stereocenters. The first-order chi connectivity index (χ1) is 6.97. The number of nitrogen functional groups attached to an aromatic ring is 1. The summed E-state index contributed by atoms with van der Waals surface area (Å²) in [6.07, 6.45) is 1.33. The SMILES string of the molecule is Nc1c2ccccc2cn1O[Cl+3]([O-])([O-])[O-]. The number of fused-ring (bicyclic) bond motifs is 1. The van der Waals surface area contributed by atoms with Crippen molar-refractivity contribution in [1.29, 1.82) is 0 Å². The van der Waals surface area contributed by atoms with Gasteiger partial charge in [0.15, 0.2) is 16.1 Å². The van der Waals surface area contributed by atoms with E-state index in [1.807, 2.05) is 0 Å². The highest BCUT2D eigenvalue weighted by molar-refractivity contribution is 5.92. The number of rotatable bonds is 2. The van der Waals surface area contributed by atoms with E-state index in [1.165, 1.54) is 6.20 Å². The lowest BCUT2D eigenvalue weighted by Crippen LogP contribution is -2.65. The molecule has 0 spiro atoms. The van der Waals surface area contributed by atoms with Crippen molar-refractivity contribution in [2.24, 2.45) is 0 Å². The first-order valence-corrected chi connectivity index (χ1v) is 5.17. The fourth-order valence-corrected chi connectivity index (χ4v) is 1.60. The van der Waals surface area contributed by atoms with E-state index < -0.39 is 10.2 Å². The molecular weight excluding hydrogens is 224 g/mol. The molecule has 0 fully saturated rings. The van der Waals surface area contributed by atoms with Crippen LogP contribution in [0.5, 0.6) is 0 Å². The van der Waals surface area contributed by atoms with E-state index in [0.29, 0.717) is 10.8 Å². The predicted octanol–water partition coefficient (Wildman–Crippen LogP) is -2.45. The quantitative estimate of drug-likeness (QED) is 0.616. The van der Waals surface area contributed by atoms with Gasteiger partial charge in [0, 0.05) is 15.2 Å². The molecule has 1 heterocycles. The van der Waals surface area contributed by atoms with Crippen LogP contribution in [0.2, 0.25) is 0 Å². The Hall–Kier alpha value is -1.47. The van der Waals surface area contributed by atoms with Gasteiger partial charge in [-0.2, -0.15) is 14.0 Å². The second kappa shape index (κ2) is 3.28. The Morgan fingerprint density at radius 3 is 2.47 bits per heavy atom. The number of nitrogens with zero attached hydrogens (tertiary/aromatic N) is 1. The Morgan fingerprint density at radius 1 is 1.20 bits per heavy atom. The minimum atomic E-state index is -4.54. The number of aromatic nitrogens is 1. The molecule has 0 aliphatic carbocycles. The fourth-order valence-electron chi connectivity index (χ4n) is 1.31. The molecule has 0 saturated carbocycles. The van der Waals surface area contributed by atoms with Gasteiger partial charge in [-0.3, -0.25) is 0 Å². The molecule has 2 rings (SSSR count). The highest BCUT2D eigenvalue weighted by atomic mass is 35.7. The lowest BCUT2D eigenvalue weighted by molar-refractivity contribution is -1.92. The largest absolute Gasteiger partial charge is 0.382 e. The van der Waals surface area contributed by atoms with E-state index in [9.17, 15) is 14.0 Å². The molecule has 0 atom stereocenters. The molecule has 0 amide bonds. The molecular formula is C8H7ClN2O4. The molecule has 1 aromatic heterocycles. The van der Waals surface area contributed by atoms with E-state index in [-0.39, 0.29) is 5.82 Å². The normalized spacial score (nSPS) is 11.9. The van der Waals surface area contributed by atoms with Crippen LogP contribution in [-0.4, -0.2) is 4.73 Å². The van der Waals surface area contributed by atoms with Gasteiger partial charge in [0.2, 0.25) is 0 Å². The van der Waals surface area contributed by atoms with E-state index in [2.05, 4.69) is 4.39 Å². The van der Waals surface area contributed by atoms with Gasteiger partial charge in [-0.25, -0.2) is 0 Å². The molecule has 2 N–H and O–H groups in total. The Bertz CT molecular complexity index is 491. The van der Waals surface area contributed by atoms with Crippen LogP contribution in [0.3, 0.4) is 0 Å². The second-order valence-corrected chi connectivity index (χ2v) is 3.77. The predicted molar refractivity (Wildman–Crippen MR) is 42.9 cm³/mol. The van der Waals surface area contributed by atoms with Crippen molar-refractivity contribution in [2.45, 2.75) is 0 Å². The van der Waals surface area contributed by atoms with Gasteiger partial charge in [-0.1, -0.05) is 24.3 Å². The zero-order valence-corrected chi connectivity index (χ0v) is 8.18. The van der Waals surface area contributed by atoms with Crippen LogP contribution in [0.25, 0.3) is 10.8 Å². The van der Waals surface area contributed by atoms with E-state index in [4.69, 9.17) is 5.73 Å². The van der Waals surface area contributed by atoms with Crippen LogP contribution in [0.1, 0.15) is 0 Å². The summed E-state index contributed by atoms with van der Waals surface area (Å²) in [5, 5.41) is 1.31. The summed E-state index contributed by atoms with van der Waals surface area (Å²) >= 11 is 0. The van der Waals surface area contributed by atoms with Crippen molar-refractivity contribution < 1.29 is 28.6 Å². The fraction of sp³-hybridized carbons (Fsp3) is 0. The summed E-state index contributed by atoms with van der Waals surface area (Å²) in [6.45, 7) is 0. The van der Waals surface area contributed by atoms with Gasteiger partial charge in [-0.05, 0) is 4.73 Å². The zero-order chi connectivity index (χ0) is 11.1. The summed E-state index contributed by atoms with van der Waals surface area (Å²) in [5.41, 5.74) is 5.58. The third-order valence-corrected chi connectivity index (χ3v) is 2.21. The van der Waals surface area contributed by atoms with Crippen LogP contribution in [0, 0.1) is 10.2 Å². The van der Waals surface area contributed by atoms with Crippen molar-refractivity contribution >= 4 is 16.6 Å². The van der Waals surface area contributed by atoms with Crippen molar-refractivity contribution in [3.8, 4) is 0 Å². The monoisotopic (exact) mass is 230 g/mol. The maximum absolute atomic E-state index is 10.3. The Morgan fingerprint density at radius 2 is 1.87 bits per heavy atom. The van der Waals surface area contributed by atoms with Gasteiger partial charge in [0.1, 0.15) is 0 Å². The van der Waals surface area contributed by atoms with Crippen LogP contribution in [0.15, 0.2) is 30.5 Å². The average Bonchev–Trinajstić information content (AvgIpc) is 2.42. The average molecular weight is 231 g/mol. The summed E-state index contributed by atoms with van der Waals surface area (Å²) in [6, 6.07) is 6.92. The number of benzene rings is 1. The van der Waals surface area contributed by atoms with Crippen molar-refractivity contribution in [3.63, 3.8) is 0 Å². The molecule has 15 heavy (non-hydrogen) atoms. The van der Waals surface area contributed by atoms with Crippen LogP contribution in [-0.2, 0) is 0 Å². The smallest absolute Gasteiger partial charge is 0.171 e. The lowest BCUT2D eigenvalue weighted by atomic mass is 10.2. The van der Waals surface area contributed by atoms with Gasteiger partial charge in [0.25, 0.3) is 0 Å². The molecule has 1 aromatic carbocycles. The summed E-state index contributed by atoms with van der Waals surface area (Å²) in [7, 11) is -4.54. The Balaban J connectivity index is 2.49. The van der Waals surface area contributed by atoms with Gasteiger partial charge >= 0.3 is 0 Å². The Labute approximate surface area is 86.8 Å².